The van der Waals surface area contributed by atoms with Gasteiger partial charge in [0.1, 0.15) is 18.8 Å². The predicted molar refractivity (Wildman–Crippen MR) is 99.2 cm³/mol. The molecule has 0 aromatic carbocycles. The average Bonchev–Trinajstić information content (AvgIpc) is 2.60. The Bertz CT molecular complexity index is 484. The molecule has 1 heterocycles. The molecule has 156 valence electrons. The molecule has 9 nitrogen and oxygen atoms in total. The second kappa shape index (κ2) is 11.8. The molecule has 27 heavy (non-hydrogen) atoms. The van der Waals surface area contributed by atoms with Gasteiger partial charge in [0, 0.05) is 26.7 Å². The molecular formula is C18H33N3O6. The molecule has 0 radical (unpaired) electrons. The summed E-state index contributed by atoms with van der Waals surface area (Å²) in [4.78, 5) is 37.2. The van der Waals surface area contributed by atoms with Gasteiger partial charge in [-0.15, -0.1) is 0 Å². The summed E-state index contributed by atoms with van der Waals surface area (Å²) in [5, 5.41) is 5.34. The zero-order chi connectivity index (χ0) is 20.3. The van der Waals surface area contributed by atoms with Gasteiger partial charge in [0.15, 0.2) is 0 Å². The molecule has 0 aliphatic carbocycles. The van der Waals surface area contributed by atoms with E-state index in [0.717, 1.165) is 12.8 Å². The maximum absolute atomic E-state index is 12.2. The van der Waals surface area contributed by atoms with Crippen molar-refractivity contribution in [2.45, 2.75) is 39.2 Å². The summed E-state index contributed by atoms with van der Waals surface area (Å²) >= 11 is 0. The summed E-state index contributed by atoms with van der Waals surface area (Å²) in [7, 11) is 1.58. The maximum Gasteiger partial charge on any atom is 0.408 e. The number of nitrogens with zero attached hydrogens (tertiary/aromatic N) is 1. The Balaban J connectivity index is 2.17. The number of piperidine rings is 1. The smallest absolute Gasteiger partial charge is 0.408 e. The third-order valence-electron chi connectivity index (χ3n) is 4.00. The van der Waals surface area contributed by atoms with Crippen molar-refractivity contribution in [1.82, 2.24) is 15.5 Å². The highest BCUT2D eigenvalue weighted by molar-refractivity contribution is 5.82. The second-order valence-corrected chi connectivity index (χ2v) is 7.53. The van der Waals surface area contributed by atoms with E-state index in [0.29, 0.717) is 38.8 Å². The highest BCUT2D eigenvalue weighted by Gasteiger charge is 2.24. The van der Waals surface area contributed by atoms with Crippen LogP contribution in [0.4, 0.5) is 4.79 Å². The van der Waals surface area contributed by atoms with E-state index in [2.05, 4.69) is 10.6 Å². The summed E-state index contributed by atoms with van der Waals surface area (Å²) in [5.41, 5.74) is -0.593. The van der Waals surface area contributed by atoms with E-state index in [1.54, 1.807) is 32.8 Å². The minimum absolute atomic E-state index is 0.0248. The normalized spacial score (nSPS) is 15.3. The molecule has 0 spiro atoms. The number of carbonyl (C=O) groups excluding carboxylic acids is 3. The fourth-order valence-electron chi connectivity index (χ4n) is 2.58. The van der Waals surface area contributed by atoms with E-state index in [9.17, 15) is 14.4 Å². The summed E-state index contributed by atoms with van der Waals surface area (Å²) in [5.74, 6) is 0.0526. The van der Waals surface area contributed by atoms with Gasteiger partial charge in [-0.3, -0.25) is 9.59 Å². The van der Waals surface area contributed by atoms with E-state index >= 15 is 0 Å². The largest absolute Gasteiger partial charge is 0.444 e. The SMILES string of the molecule is COCCOCC(=O)NCC1CCN(C(=O)CNC(=O)OC(C)(C)C)CC1. The van der Waals surface area contributed by atoms with Gasteiger partial charge in [0.05, 0.1) is 13.2 Å². The van der Waals surface area contributed by atoms with Crippen LogP contribution < -0.4 is 10.6 Å². The number of hydrogen-bond acceptors (Lipinski definition) is 6. The van der Waals surface area contributed by atoms with Crippen LogP contribution in [0.3, 0.4) is 0 Å². The van der Waals surface area contributed by atoms with E-state index in [4.69, 9.17) is 14.2 Å². The van der Waals surface area contributed by atoms with Crippen molar-refractivity contribution in [1.29, 1.82) is 0 Å². The third-order valence-corrected chi connectivity index (χ3v) is 4.00. The van der Waals surface area contributed by atoms with Crippen LogP contribution in [-0.2, 0) is 23.8 Å². The first-order valence-corrected chi connectivity index (χ1v) is 9.29. The van der Waals surface area contributed by atoms with Crippen molar-refractivity contribution in [3.63, 3.8) is 0 Å². The van der Waals surface area contributed by atoms with Gasteiger partial charge >= 0.3 is 6.09 Å². The molecule has 2 N–H and O–H groups in total. The van der Waals surface area contributed by atoms with Gasteiger partial charge in [-0.25, -0.2) is 4.79 Å². The Morgan fingerprint density at radius 3 is 2.33 bits per heavy atom. The number of rotatable bonds is 9. The molecule has 3 amide bonds. The van der Waals surface area contributed by atoms with Crippen LogP contribution in [-0.4, -0.2) is 81.5 Å². The highest BCUT2D eigenvalue weighted by Crippen LogP contribution is 2.16. The molecule has 1 fully saturated rings. The summed E-state index contributed by atoms with van der Waals surface area (Å²) in [6.45, 7) is 7.90. The van der Waals surface area contributed by atoms with Crippen molar-refractivity contribution < 1.29 is 28.6 Å². The highest BCUT2D eigenvalue weighted by atomic mass is 16.6. The van der Waals surface area contributed by atoms with Gasteiger partial charge in [-0.1, -0.05) is 0 Å². The lowest BCUT2D eigenvalue weighted by Gasteiger charge is -2.32. The standard InChI is InChI=1S/C18H33N3O6/c1-18(2,3)27-17(24)20-12-16(23)21-7-5-14(6-8-21)11-19-15(22)13-26-10-9-25-4/h14H,5-13H2,1-4H3,(H,19,22)(H,20,24). The number of carbonyl (C=O) groups is 3. The number of likely N-dealkylation sites (tertiary alicyclic amines) is 1. The molecule has 1 saturated heterocycles. The molecular weight excluding hydrogens is 354 g/mol. The summed E-state index contributed by atoms with van der Waals surface area (Å²) in [6, 6.07) is 0. The Morgan fingerprint density at radius 2 is 1.74 bits per heavy atom. The fraction of sp³-hybridized carbons (Fsp3) is 0.833. The topological polar surface area (TPSA) is 106 Å². The lowest BCUT2D eigenvalue weighted by atomic mass is 9.96. The first kappa shape index (κ1) is 23.2. The molecule has 0 atom stereocenters. The number of nitrogens with one attached hydrogen (secondary N) is 2. The quantitative estimate of drug-likeness (QED) is 0.559. The molecule has 0 bridgehead atoms. The van der Waals surface area contributed by atoms with Gasteiger partial charge in [0.2, 0.25) is 11.8 Å². The van der Waals surface area contributed by atoms with Crippen LogP contribution in [0.25, 0.3) is 0 Å². The minimum Gasteiger partial charge on any atom is -0.444 e. The van der Waals surface area contributed by atoms with Crippen LogP contribution >= 0.6 is 0 Å². The Kier molecular flexibility index (Phi) is 10.1. The van der Waals surface area contributed by atoms with Crippen molar-refractivity contribution in [3.8, 4) is 0 Å². The zero-order valence-electron chi connectivity index (χ0n) is 16.8. The van der Waals surface area contributed by atoms with Crippen LogP contribution in [0.2, 0.25) is 0 Å². The summed E-state index contributed by atoms with van der Waals surface area (Å²) < 4.78 is 15.1. The van der Waals surface area contributed by atoms with Crippen molar-refractivity contribution in [2.24, 2.45) is 5.92 Å². The second-order valence-electron chi connectivity index (χ2n) is 7.53. The molecule has 1 aliphatic heterocycles. The monoisotopic (exact) mass is 387 g/mol. The lowest BCUT2D eigenvalue weighted by molar-refractivity contribution is -0.132. The number of alkyl carbamates (subject to hydrolysis) is 1. The lowest BCUT2D eigenvalue weighted by Crippen LogP contribution is -2.46. The average molecular weight is 387 g/mol. The summed E-state index contributed by atoms with van der Waals surface area (Å²) in [6.07, 6.45) is 1.02. The van der Waals surface area contributed by atoms with E-state index in [-0.39, 0.29) is 25.0 Å². The van der Waals surface area contributed by atoms with Crippen LogP contribution in [0.1, 0.15) is 33.6 Å². The molecule has 1 rings (SSSR count). The number of methoxy groups -OCH3 is 1. The van der Waals surface area contributed by atoms with Gasteiger partial charge in [-0.2, -0.15) is 0 Å². The van der Waals surface area contributed by atoms with Gasteiger partial charge in [0.25, 0.3) is 0 Å². The number of hydrogen-bond donors (Lipinski definition) is 2. The minimum atomic E-state index is -0.596. The Hall–Kier alpha value is -1.87. The molecule has 0 unspecified atom stereocenters. The number of amides is 3. The third kappa shape index (κ3) is 10.8. The zero-order valence-corrected chi connectivity index (χ0v) is 16.8. The van der Waals surface area contributed by atoms with Crippen molar-refractivity contribution in [2.75, 3.05) is 53.1 Å². The molecule has 0 aromatic heterocycles. The fourth-order valence-corrected chi connectivity index (χ4v) is 2.58. The van der Waals surface area contributed by atoms with Crippen LogP contribution in [0.5, 0.6) is 0 Å². The van der Waals surface area contributed by atoms with Crippen molar-refractivity contribution in [3.05, 3.63) is 0 Å². The van der Waals surface area contributed by atoms with Gasteiger partial charge in [-0.05, 0) is 39.5 Å². The van der Waals surface area contributed by atoms with Crippen molar-refractivity contribution >= 4 is 17.9 Å². The molecule has 9 heteroatoms. The Labute approximate surface area is 161 Å². The first-order valence-electron chi connectivity index (χ1n) is 9.29. The van der Waals surface area contributed by atoms with Crippen LogP contribution in [0.15, 0.2) is 0 Å². The number of ether oxygens (including phenoxy) is 3. The van der Waals surface area contributed by atoms with E-state index < -0.39 is 11.7 Å². The van der Waals surface area contributed by atoms with E-state index in [1.165, 1.54) is 0 Å². The Morgan fingerprint density at radius 1 is 1.07 bits per heavy atom. The van der Waals surface area contributed by atoms with Gasteiger partial charge < -0.3 is 29.7 Å². The molecule has 1 aliphatic rings. The van der Waals surface area contributed by atoms with E-state index in [1.807, 2.05) is 0 Å². The first-order chi connectivity index (χ1) is 12.7. The molecule has 0 aromatic rings. The molecule has 0 saturated carbocycles. The van der Waals surface area contributed by atoms with Crippen LogP contribution in [0, 0.1) is 5.92 Å². The maximum atomic E-state index is 12.2. The predicted octanol–water partition coefficient (Wildman–Crippen LogP) is 0.529.